The first-order chi connectivity index (χ1) is 7.46. The molecule has 0 aromatic carbocycles. The fourth-order valence-corrected chi connectivity index (χ4v) is 2.30. The smallest absolute Gasteiger partial charge is 0.239 e. The van der Waals surface area contributed by atoms with E-state index in [2.05, 4.69) is 0 Å². The van der Waals surface area contributed by atoms with Crippen LogP contribution in [-0.4, -0.2) is 54.2 Å². The number of ether oxygens (including phenoxy) is 1. The van der Waals surface area contributed by atoms with E-state index in [-0.39, 0.29) is 17.6 Å². The minimum atomic E-state index is -0.360. The van der Waals surface area contributed by atoms with Gasteiger partial charge in [0.25, 0.3) is 0 Å². The largest absolute Gasteiger partial charge is 0.372 e. The number of carbonyl (C=O) groups is 1. The topological polar surface area (TPSA) is 55.6 Å². The van der Waals surface area contributed by atoms with Gasteiger partial charge in [-0.2, -0.15) is 11.8 Å². The van der Waals surface area contributed by atoms with E-state index >= 15 is 0 Å². The molecule has 1 heterocycles. The molecule has 0 saturated carbocycles. The Kier molecular flexibility index (Phi) is 5.08. The normalized spacial score (nSPS) is 21.9. The van der Waals surface area contributed by atoms with Crippen LogP contribution < -0.4 is 5.73 Å². The summed E-state index contributed by atoms with van der Waals surface area (Å²) >= 11 is 1.72. The SMILES string of the molecule is CSCC[C@H](N)C(=O)N1CCOC(C)(C)C1. The Hall–Kier alpha value is -0.260. The van der Waals surface area contributed by atoms with Crippen LogP contribution in [0.5, 0.6) is 0 Å². The van der Waals surface area contributed by atoms with E-state index in [1.807, 2.05) is 25.0 Å². The van der Waals surface area contributed by atoms with Crippen LogP contribution in [0.25, 0.3) is 0 Å². The lowest BCUT2D eigenvalue weighted by molar-refractivity contribution is -0.147. The number of carbonyl (C=O) groups excluding carboxylic acids is 1. The summed E-state index contributed by atoms with van der Waals surface area (Å²) in [5.41, 5.74) is 5.63. The van der Waals surface area contributed by atoms with Crippen molar-refractivity contribution in [3.8, 4) is 0 Å². The number of rotatable bonds is 4. The lowest BCUT2D eigenvalue weighted by Crippen LogP contribution is -2.54. The Bertz CT molecular complexity index is 246. The Morgan fingerprint density at radius 1 is 1.62 bits per heavy atom. The van der Waals surface area contributed by atoms with Gasteiger partial charge in [0.15, 0.2) is 0 Å². The minimum absolute atomic E-state index is 0.0606. The molecule has 1 rings (SSSR count). The number of nitrogens with two attached hydrogens (primary N) is 1. The maximum absolute atomic E-state index is 12.0. The molecule has 0 radical (unpaired) electrons. The van der Waals surface area contributed by atoms with Gasteiger partial charge in [0, 0.05) is 13.1 Å². The number of amides is 1. The molecule has 1 aliphatic rings. The van der Waals surface area contributed by atoms with E-state index < -0.39 is 0 Å². The van der Waals surface area contributed by atoms with Crippen LogP contribution >= 0.6 is 11.8 Å². The average Bonchev–Trinajstić information content (AvgIpc) is 2.23. The molecule has 0 bridgehead atoms. The van der Waals surface area contributed by atoms with Crippen LogP contribution in [0.15, 0.2) is 0 Å². The number of thioether (sulfide) groups is 1. The monoisotopic (exact) mass is 246 g/mol. The summed E-state index contributed by atoms with van der Waals surface area (Å²) in [5, 5.41) is 0. The minimum Gasteiger partial charge on any atom is -0.372 e. The van der Waals surface area contributed by atoms with Crippen molar-refractivity contribution in [2.24, 2.45) is 5.73 Å². The van der Waals surface area contributed by atoms with Crippen LogP contribution in [0.2, 0.25) is 0 Å². The van der Waals surface area contributed by atoms with Gasteiger partial charge in [-0.05, 0) is 32.3 Å². The Morgan fingerprint density at radius 2 is 2.31 bits per heavy atom. The Balaban J connectivity index is 2.46. The fourth-order valence-electron chi connectivity index (χ4n) is 1.81. The lowest BCUT2D eigenvalue weighted by atomic mass is 10.1. The molecule has 5 heteroatoms. The molecular weight excluding hydrogens is 224 g/mol. The van der Waals surface area contributed by atoms with Crippen molar-refractivity contribution in [1.29, 1.82) is 0 Å². The molecule has 0 unspecified atom stereocenters. The van der Waals surface area contributed by atoms with E-state index in [9.17, 15) is 4.79 Å². The summed E-state index contributed by atoms with van der Waals surface area (Å²) in [6, 6.07) is -0.360. The van der Waals surface area contributed by atoms with Gasteiger partial charge in [0.2, 0.25) is 5.91 Å². The zero-order chi connectivity index (χ0) is 12.2. The quantitative estimate of drug-likeness (QED) is 0.793. The highest BCUT2D eigenvalue weighted by atomic mass is 32.2. The molecule has 94 valence electrons. The summed E-state index contributed by atoms with van der Waals surface area (Å²) in [6.45, 7) is 5.90. The molecule has 1 saturated heterocycles. The summed E-state index contributed by atoms with van der Waals surface area (Å²) in [7, 11) is 0. The predicted octanol–water partition coefficient (Wildman–Crippen LogP) is 0.704. The van der Waals surface area contributed by atoms with Crippen LogP contribution in [0.1, 0.15) is 20.3 Å². The fraction of sp³-hybridized carbons (Fsp3) is 0.909. The molecule has 0 aliphatic carbocycles. The van der Waals surface area contributed by atoms with E-state index in [1.54, 1.807) is 11.8 Å². The summed E-state index contributed by atoms with van der Waals surface area (Å²) in [5.74, 6) is 0.992. The first-order valence-electron chi connectivity index (χ1n) is 5.63. The number of hydrogen-bond acceptors (Lipinski definition) is 4. The van der Waals surface area contributed by atoms with Gasteiger partial charge in [-0.3, -0.25) is 4.79 Å². The Morgan fingerprint density at radius 3 is 2.88 bits per heavy atom. The van der Waals surface area contributed by atoms with Crippen molar-refractivity contribution in [1.82, 2.24) is 4.90 Å². The highest BCUT2D eigenvalue weighted by molar-refractivity contribution is 7.98. The van der Waals surface area contributed by atoms with Crippen LogP contribution in [-0.2, 0) is 9.53 Å². The molecule has 0 spiro atoms. The number of hydrogen-bond donors (Lipinski definition) is 1. The van der Waals surface area contributed by atoms with Crippen molar-refractivity contribution in [2.45, 2.75) is 31.9 Å². The third-order valence-electron chi connectivity index (χ3n) is 2.69. The highest BCUT2D eigenvalue weighted by Gasteiger charge is 2.31. The highest BCUT2D eigenvalue weighted by Crippen LogP contribution is 2.17. The van der Waals surface area contributed by atoms with Crippen molar-refractivity contribution < 1.29 is 9.53 Å². The molecule has 16 heavy (non-hydrogen) atoms. The van der Waals surface area contributed by atoms with Crippen molar-refractivity contribution >= 4 is 17.7 Å². The first kappa shape index (κ1) is 13.8. The van der Waals surface area contributed by atoms with Gasteiger partial charge in [0.1, 0.15) is 0 Å². The average molecular weight is 246 g/mol. The third kappa shape index (κ3) is 3.96. The van der Waals surface area contributed by atoms with Gasteiger partial charge in [-0.25, -0.2) is 0 Å². The second kappa shape index (κ2) is 5.89. The molecule has 4 nitrogen and oxygen atoms in total. The van der Waals surface area contributed by atoms with Gasteiger partial charge >= 0.3 is 0 Å². The van der Waals surface area contributed by atoms with E-state index in [0.717, 1.165) is 12.2 Å². The predicted molar refractivity (Wildman–Crippen MR) is 67.6 cm³/mol. The number of nitrogens with zero attached hydrogens (tertiary/aromatic N) is 1. The van der Waals surface area contributed by atoms with Crippen LogP contribution in [0, 0.1) is 0 Å². The zero-order valence-corrected chi connectivity index (χ0v) is 11.2. The second-order valence-corrected chi connectivity index (χ2v) is 5.74. The maximum atomic E-state index is 12.0. The van der Waals surface area contributed by atoms with Crippen LogP contribution in [0.4, 0.5) is 0 Å². The summed E-state index contributed by atoms with van der Waals surface area (Å²) in [6.07, 6.45) is 2.77. The maximum Gasteiger partial charge on any atom is 0.239 e. The second-order valence-electron chi connectivity index (χ2n) is 4.76. The van der Waals surface area contributed by atoms with E-state index in [4.69, 9.17) is 10.5 Å². The molecule has 0 aromatic heterocycles. The van der Waals surface area contributed by atoms with Gasteiger partial charge < -0.3 is 15.4 Å². The molecule has 2 N–H and O–H groups in total. The van der Waals surface area contributed by atoms with Gasteiger partial charge in [-0.15, -0.1) is 0 Å². The zero-order valence-electron chi connectivity index (χ0n) is 10.4. The number of morpholine rings is 1. The van der Waals surface area contributed by atoms with E-state index in [0.29, 0.717) is 19.7 Å². The van der Waals surface area contributed by atoms with Crippen molar-refractivity contribution in [2.75, 3.05) is 31.7 Å². The first-order valence-corrected chi connectivity index (χ1v) is 7.03. The van der Waals surface area contributed by atoms with Gasteiger partial charge in [-0.1, -0.05) is 0 Å². The third-order valence-corrected chi connectivity index (χ3v) is 3.33. The summed E-state index contributed by atoms with van der Waals surface area (Å²) < 4.78 is 5.57. The lowest BCUT2D eigenvalue weighted by Gasteiger charge is -2.39. The van der Waals surface area contributed by atoms with Crippen molar-refractivity contribution in [3.05, 3.63) is 0 Å². The molecule has 1 aliphatic heterocycles. The van der Waals surface area contributed by atoms with E-state index in [1.165, 1.54) is 0 Å². The van der Waals surface area contributed by atoms with Crippen LogP contribution in [0.3, 0.4) is 0 Å². The molecule has 0 aromatic rings. The molecule has 1 amide bonds. The summed E-state index contributed by atoms with van der Waals surface area (Å²) in [4.78, 5) is 13.9. The molecular formula is C11H22N2O2S. The molecule has 1 atom stereocenters. The molecule has 1 fully saturated rings. The Labute approximate surface area is 102 Å². The van der Waals surface area contributed by atoms with Crippen molar-refractivity contribution in [3.63, 3.8) is 0 Å². The van der Waals surface area contributed by atoms with Gasteiger partial charge in [0.05, 0.1) is 18.2 Å². The standard InChI is InChI=1S/C11H22N2O2S/c1-11(2)8-13(5-6-15-11)10(14)9(12)4-7-16-3/h9H,4-8,12H2,1-3H3/t9-/m0/s1.